The Morgan fingerprint density at radius 1 is 1.11 bits per heavy atom. The molecule has 0 aromatic heterocycles. The summed E-state index contributed by atoms with van der Waals surface area (Å²) in [7, 11) is 1.17. The average Bonchev–Trinajstić information content (AvgIpc) is 2.28. The molecular weight excluding hydrogens is 251 g/mol. The minimum absolute atomic E-state index is 0.0973. The van der Waals surface area contributed by atoms with Crippen molar-refractivity contribution in [2.45, 2.75) is 33.3 Å². The first-order chi connectivity index (χ1) is 8.65. The van der Waals surface area contributed by atoms with Crippen LogP contribution in [0, 0.1) is 12.7 Å². The molecule has 0 aliphatic heterocycles. The van der Waals surface area contributed by atoms with Crippen LogP contribution in [0.5, 0.6) is 0 Å². The lowest BCUT2D eigenvalue weighted by Crippen LogP contribution is -2.24. The first-order valence-corrected chi connectivity index (χ1v) is 5.77. The number of esters is 2. The van der Waals surface area contributed by atoms with Gasteiger partial charge in [-0.15, -0.1) is 0 Å². The van der Waals surface area contributed by atoms with Crippen LogP contribution in [-0.2, 0) is 9.47 Å². The summed E-state index contributed by atoms with van der Waals surface area (Å²) in [6.45, 7) is 6.77. The summed E-state index contributed by atoms with van der Waals surface area (Å²) in [4.78, 5) is 23.2. The average molecular weight is 268 g/mol. The van der Waals surface area contributed by atoms with E-state index < -0.39 is 23.4 Å². The van der Waals surface area contributed by atoms with Crippen molar-refractivity contribution in [1.29, 1.82) is 0 Å². The Kier molecular flexibility index (Phi) is 4.29. The molecule has 4 nitrogen and oxygen atoms in total. The maximum Gasteiger partial charge on any atom is 0.340 e. The van der Waals surface area contributed by atoms with Crippen molar-refractivity contribution >= 4 is 11.9 Å². The molecule has 0 fully saturated rings. The van der Waals surface area contributed by atoms with Crippen molar-refractivity contribution in [2.24, 2.45) is 0 Å². The van der Waals surface area contributed by atoms with Gasteiger partial charge in [0.25, 0.3) is 0 Å². The minimum atomic E-state index is -0.807. The Labute approximate surface area is 111 Å². The minimum Gasteiger partial charge on any atom is -0.465 e. The summed E-state index contributed by atoms with van der Waals surface area (Å²) >= 11 is 0. The zero-order valence-electron chi connectivity index (χ0n) is 11.7. The normalized spacial score (nSPS) is 11.1. The molecule has 5 heteroatoms. The second-order valence-electron chi connectivity index (χ2n) is 5.14. The fourth-order valence-corrected chi connectivity index (χ4v) is 1.50. The lowest BCUT2D eigenvalue weighted by molar-refractivity contribution is 0.00677. The van der Waals surface area contributed by atoms with Crippen molar-refractivity contribution in [1.82, 2.24) is 0 Å². The Balaban J connectivity index is 3.16. The predicted molar refractivity (Wildman–Crippen MR) is 67.6 cm³/mol. The summed E-state index contributed by atoms with van der Waals surface area (Å²) in [5.74, 6) is -2.21. The topological polar surface area (TPSA) is 52.6 Å². The highest BCUT2D eigenvalue weighted by Gasteiger charge is 2.22. The number of halogens is 1. The van der Waals surface area contributed by atoms with Gasteiger partial charge in [-0.3, -0.25) is 0 Å². The molecule has 0 atom stereocenters. The van der Waals surface area contributed by atoms with E-state index in [0.717, 1.165) is 6.07 Å². The molecule has 0 N–H and O–H groups in total. The summed E-state index contributed by atoms with van der Waals surface area (Å²) < 4.78 is 23.4. The van der Waals surface area contributed by atoms with Crippen molar-refractivity contribution in [2.75, 3.05) is 7.11 Å². The largest absolute Gasteiger partial charge is 0.465 e. The van der Waals surface area contributed by atoms with Crippen LogP contribution in [0.15, 0.2) is 12.1 Å². The fraction of sp³-hybridized carbons (Fsp3) is 0.429. The third-order valence-corrected chi connectivity index (χ3v) is 2.34. The van der Waals surface area contributed by atoms with Crippen LogP contribution in [0.4, 0.5) is 4.39 Å². The monoisotopic (exact) mass is 268 g/mol. The van der Waals surface area contributed by atoms with Gasteiger partial charge in [0.2, 0.25) is 0 Å². The van der Waals surface area contributed by atoms with Crippen LogP contribution in [0.25, 0.3) is 0 Å². The van der Waals surface area contributed by atoms with Crippen LogP contribution in [0.1, 0.15) is 47.1 Å². The van der Waals surface area contributed by atoms with Crippen molar-refractivity contribution in [3.05, 3.63) is 34.6 Å². The maximum atomic E-state index is 13.8. The van der Waals surface area contributed by atoms with Gasteiger partial charge in [0.15, 0.2) is 0 Å². The molecule has 0 bridgehead atoms. The van der Waals surface area contributed by atoms with Gasteiger partial charge in [-0.05, 0) is 45.4 Å². The van der Waals surface area contributed by atoms with Gasteiger partial charge in [0.1, 0.15) is 11.4 Å². The lowest BCUT2D eigenvalue weighted by atomic mass is 10.0. The Bertz CT molecular complexity index is 515. The summed E-state index contributed by atoms with van der Waals surface area (Å²) in [6.07, 6.45) is 0. The number of methoxy groups -OCH3 is 1. The molecule has 0 saturated carbocycles. The van der Waals surface area contributed by atoms with E-state index in [-0.39, 0.29) is 11.1 Å². The molecule has 104 valence electrons. The van der Waals surface area contributed by atoms with E-state index in [4.69, 9.17) is 4.74 Å². The predicted octanol–water partition coefficient (Wildman–Crippen LogP) is 2.88. The molecule has 1 aromatic carbocycles. The Hall–Kier alpha value is -1.91. The van der Waals surface area contributed by atoms with Gasteiger partial charge < -0.3 is 9.47 Å². The van der Waals surface area contributed by atoms with Crippen LogP contribution < -0.4 is 0 Å². The highest BCUT2D eigenvalue weighted by Crippen LogP contribution is 2.19. The number of rotatable bonds is 2. The summed E-state index contributed by atoms with van der Waals surface area (Å²) in [6, 6.07) is 2.27. The molecule has 0 amide bonds. The van der Waals surface area contributed by atoms with Gasteiger partial charge in [-0.25, -0.2) is 14.0 Å². The van der Waals surface area contributed by atoms with Gasteiger partial charge in [0, 0.05) is 0 Å². The van der Waals surface area contributed by atoms with Crippen LogP contribution in [-0.4, -0.2) is 24.6 Å². The van der Waals surface area contributed by atoms with Crippen LogP contribution >= 0.6 is 0 Å². The van der Waals surface area contributed by atoms with Gasteiger partial charge in [-0.2, -0.15) is 0 Å². The highest BCUT2D eigenvalue weighted by atomic mass is 19.1. The van der Waals surface area contributed by atoms with E-state index >= 15 is 0 Å². The Morgan fingerprint density at radius 3 is 2.16 bits per heavy atom. The smallest absolute Gasteiger partial charge is 0.340 e. The summed E-state index contributed by atoms with van der Waals surface area (Å²) in [5.41, 5.74) is -0.315. The molecule has 0 radical (unpaired) electrons. The zero-order chi connectivity index (χ0) is 14.8. The molecule has 0 unspecified atom stereocenters. The number of carbonyl (C=O) groups is 2. The number of hydrogen-bond acceptors (Lipinski definition) is 4. The first-order valence-electron chi connectivity index (χ1n) is 5.77. The zero-order valence-corrected chi connectivity index (χ0v) is 11.7. The van der Waals surface area contributed by atoms with E-state index in [1.807, 2.05) is 0 Å². The molecule has 0 aliphatic rings. The number of ether oxygens (including phenoxy) is 2. The summed E-state index contributed by atoms with van der Waals surface area (Å²) in [5, 5.41) is 0. The second kappa shape index (κ2) is 5.38. The van der Waals surface area contributed by atoms with Gasteiger partial charge >= 0.3 is 11.9 Å². The molecule has 0 heterocycles. The second-order valence-corrected chi connectivity index (χ2v) is 5.14. The first kappa shape index (κ1) is 15.1. The van der Waals surface area contributed by atoms with E-state index in [1.165, 1.54) is 13.2 Å². The van der Waals surface area contributed by atoms with Crippen LogP contribution in [0.2, 0.25) is 0 Å². The third kappa shape index (κ3) is 3.77. The number of hydrogen-bond donors (Lipinski definition) is 0. The number of carbonyl (C=O) groups excluding carboxylic acids is 2. The molecule has 1 rings (SSSR count). The highest BCUT2D eigenvalue weighted by molar-refractivity contribution is 5.95. The SMILES string of the molecule is COC(=O)c1cc(C)c(C(=O)OC(C)(C)C)cc1F. The molecule has 0 spiro atoms. The lowest BCUT2D eigenvalue weighted by Gasteiger charge is -2.20. The van der Waals surface area contributed by atoms with Crippen molar-refractivity contribution in [3.8, 4) is 0 Å². The molecular formula is C14H17FO4. The molecule has 0 aliphatic carbocycles. The van der Waals surface area contributed by atoms with Crippen LogP contribution in [0.3, 0.4) is 0 Å². The van der Waals surface area contributed by atoms with E-state index in [0.29, 0.717) is 5.56 Å². The quantitative estimate of drug-likeness (QED) is 0.774. The van der Waals surface area contributed by atoms with Gasteiger partial charge in [-0.1, -0.05) is 0 Å². The molecule has 0 saturated heterocycles. The van der Waals surface area contributed by atoms with E-state index in [9.17, 15) is 14.0 Å². The Morgan fingerprint density at radius 2 is 1.68 bits per heavy atom. The maximum absolute atomic E-state index is 13.8. The standard InChI is InChI=1S/C14H17FO4/c1-8-6-10(12(16)18-5)11(15)7-9(8)13(17)19-14(2,3)4/h6-7H,1-5H3. The molecule has 1 aromatic rings. The van der Waals surface area contributed by atoms with E-state index in [2.05, 4.69) is 4.74 Å². The van der Waals surface area contributed by atoms with E-state index in [1.54, 1.807) is 27.7 Å². The number of benzene rings is 1. The fourth-order valence-electron chi connectivity index (χ4n) is 1.50. The van der Waals surface area contributed by atoms with Crippen molar-refractivity contribution < 1.29 is 23.5 Å². The molecule has 19 heavy (non-hydrogen) atoms. The van der Waals surface area contributed by atoms with Gasteiger partial charge in [0.05, 0.1) is 18.2 Å². The third-order valence-electron chi connectivity index (χ3n) is 2.34. The van der Waals surface area contributed by atoms with Crippen molar-refractivity contribution in [3.63, 3.8) is 0 Å². The number of aryl methyl sites for hydroxylation is 1.